The molecule has 2 unspecified atom stereocenters. The van der Waals surface area contributed by atoms with E-state index < -0.39 is 59.9 Å². The van der Waals surface area contributed by atoms with Gasteiger partial charge in [0.1, 0.15) is 5.60 Å². The van der Waals surface area contributed by atoms with Gasteiger partial charge in [-0.15, -0.1) is 5.06 Å². The zero-order valence-corrected chi connectivity index (χ0v) is 16.3. The fourth-order valence-electron chi connectivity index (χ4n) is 2.03. The van der Waals surface area contributed by atoms with Crippen LogP contribution in [0.1, 0.15) is 53.9 Å². The number of hydroxylamine groups is 2. The molecule has 11 heteroatoms. The average molecular weight is 401 g/mol. The highest BCUT2D eigenvalue weighted by Gasteiger charge is 2.36. The van der Waals surface area contributed by atoms with Crippen LogP contribution in [0, 0.1) is 0 Å². The molecule has 1 heterocycles. The molecule has 0 saturated carbocycles. The van der Waals surface area contributed by atoms with E-state index in [1.165, 1.54) is 0 Å². The third-order valence-electron chi connectivity index (χ3n) is 3.16. The number of ether oxygens (including phenoxy) is 3. The predicted octanol–water partition coefficient (Wildman–Crippen LogP) is 0.189. The second kappa shape index (κ2) is 9.29. The largest absolute Gasteiger partial charge is 0.460 e. The topological polar surface area (TPSA) is 143 Å². The Morgan fingerprint density at radius 2 is 1.54 bits per heavy atom. The van der Waals surface area contributed by atoms with Crippen LogP contribution < -0.4 is 0 Å². The Hall–Kier alpha value is -2.98. The Kier molecular flexibility index (Phi) is 7.65. The summed E-state index contributed by atoms with van der Waals surface area (Å²) in [5.74, 6) is -5.44. The van der Waals surface area contributed by atoms with E-state index in [1.54, 1.807) is 20.8 Å². The van der Waals surface area contributed by atoms with Crippen molar-refractivity contribution in [2.24, 2.45) is 0 Å². The Morgan fingerprint density at radius 3 is 2.00 bits per heavy atom. The van der Waals surface area contributed by atoms with Gasteiger partial charge in [0, 0.05) is 19.8 Å². The Bertz CT molecular complexity index is 662. The summed E-state index contributed by atoms with van der Waals surface area (Å²) < 4.78 is 14.7. The zero-order valence-electron chi connectivity index (χ0n) is 16.3. The number of imide groups is 1. The predicted molar refractivity (Wildman–Crippen MR) is 88.7 cm³/mol. The molecule has 1 rings (SSSR count). The van der Waals surface area contributed by atoms with E-state index in [0.717, 1.165) is 13.8 Å². The van der Waals surface area contributed by atoms with Gasteiger partial charge in [0.2, 0.25) is 6.10 Å². The lowest BCUT2D eigenvalue weighted by molar-refractivity contribution is -0.206. The number of rotatable bonds is 7. The van der Waals surface area contributed by atoms with Crippen LogP contribution in [0.25, 0.3) is 0 Å². The van der Waals surface area contributed by atoms with Crippen molar-refractivity contribution in [1.29, 1.82) is 0 Å². The van der Waals surface area contributed by atoms with Crippen LogP contribution in [0.2, 0.25) is 0 Å². The lowest BCUT2D eigenvalue weighted by Gasteiger charge is -2.22. The maximum absolute atomic E-state index is 12.2. The molecule has 0 aliphatic carbocycles. The Balaban J connectivity index is 2.70. The van der Waals surface area contributed by atoms with Gasteiger partial charge in [-0.3, -0.25) is 19.2 Å². The minimum Gasteiger partial charge on any atom is -0.460 e. The molecule has 0 N–H and O–H groups in total. The molecule has 1 aliphatic rings. The van der Waals surface area contributed by atoms with E-state index in [9.17, 15) is 28.8 Å². The maximum Gasteiger partial charge on any atom is 0.373 e. The Labute approximate surface area is 161 Å². The minimum atomic E-state index is -1.64. The van der Waals surface area contributed by atoms with Crippen LogP contribution in [-0.4, -0.2) is 58.6 Å². The van der Waals surface area contributed by atoms with Gasteiger partial charge in [0.25, 0.3) is 11.8 Å². The van der Waals surface area contributed by atoms with E-state index in [4.69, 9.17) is 14.2 Å². The molecule has 1 fully saturated rings. The van der Waals surface area contributed by atoms with E-state index in [1.807, 2.05) is 0 Å². The first-order valence-electron chi connectivity index (χ1n) is 8.47. The summed E-state index contributed by atoms with van der Waals surface area (Å²) >= 11 is 0. The van der Waals surface area contributed by atoms with Gasteiger partial charge in [-0.1, -0.05) is 0 Å². The first-order valence-corrected chi connectivity index (χ1v) is 8.47. The third-order valence-corrected chi connectivity index (χ3v) is 3.16. The van der Waals surface area contributed by atoms with E-state index in [2.05, 4.69) is 4.84 Å². The molecule has 0 aromatic carbocycles. The fraction of sp³-hybridized carbons (Fsp3) is 0.647. The van der Waals surface area contributed by atoms with Gasteiger partial charge in [-0.05, 0) is 27.7 Å². The van der Waals surface area contributed by atoms with Crippen molar-refractivity contribution in [2.75, 3.05) is 0 Å². The first-order chi connectivity index (χ1) is 12.8. The molecular weight excluding hydrogens is 378 g/mol. The number of amides is 2. The van der Waals surface area contributed by atoms with Gasteiger partial charge in [0.15, 0.2) is 6.10 Å². The van der Waals surface area contributed by atoms with Crippen LogP contribution in [0.4, 0.5) is 0 Å². The standard InChI is InChI=1S/C17H23NO10/c1-9(15(23)28-18-12(20)6-7-13(18)21)25-16(24)11(26-10(2)19)8-14(22)27-17(3,4)5/h9,11H,6-8H2,1-5H3. The first kappa shape index (κ1) is 23.1. The normalized spacial score (nSPS) is 16.2. The number of nitrogens with zero attached hydrogens (tertiary/aromatic N) is 1. The molecule has 28 heavy (non-hydrogen) atoms. The molecule has 2 atom stereocenters. The summed E-state index contributed by atoms with van der Waals surface area (Å²) in [5.41, 5.74) is -0.826. The van der Waals surface area contributed by atoms with Gasteiger partial charge >= 0.3 is 23.9 Å². The highest BCUT2D eigenvalue weighted by Crippen LogP contribution is 2.15. The van der Waals surface area contributed by atoms with Gasteiger partial charge < -0.3 is 19.0 Å². The minimum absolute atomic E-state index is 0.0926. The number of hydrogen-bond donors (Lipinski definition) is 0. The second-order valence-electron chi connectivity index (χ2n) is 6.96. The van der Waals surface area contributed by atoms with Crippen LogP contribution in [0.5, 0.6) is 0 Å². The molecule has 1 aliphatic heterocycles. The molecule has 0 spiro atoms. The third kappa shape index (κ3) is 7.33. The summed E-state index contributed by atoms with van der Waals surface area (Å²) in [5, 5.41) is 0.302. The lowest BCUT2D eigenvalue weighted by atomic mass is 10.2. The molecule has 0 aromatic rings. The Morgan fingerprint density at radius 1 is 1.00 bits per heavy atom. The molecular formula is C17H23NO10. The number of esters is 3. The zero-order chi connectivity index (χ0) is 21.6. The second-order valence-corrected chi connectivity index (χ2v) is 6.96. The molecule has 0 radical (unpaired) electrons. The van der Waals surface area contributed by atoms with Crippen molar-refractivity contribution in [1.82, 2.24) is 5.06 Å². The SMILES string of the molecule is CC(=O)OC(CC(=O)OC(C)(C)C)C(=O)OC(C)C(=O)ON1C(=O)CCC1=O. The summed E-state index contributed by atoms with van der Waals surface area (Å²) in [6.07, 6.45) is -3.99. The van der Waals surface area contributed by atoms with Crippen molar-refractivity contribution < 1.29 is 47.8 Å². The van der Waals surface area contributed by atoms with E-state index in [0.29, 0.717) is 5.06 Å². The van der Waals surface area contributed by atoms with E-state index in [-0.39, 0.29) is 12.8 Å². The van der Waals surface area contributed by atoms with Gasteiger partial charge in [-0.2, -0.15) is 0 Å². The van der Waals surface area contributed by atoms with E-state index >= 15 is 0 Å². The van der Waals surface area contributed by atoms with Crippen molar-refractivity contribution in [2.45, 2.75) is 71.7 Å². The number of carbonyl (C=O) groups is 6. The molecule has 2 amide bonds. The van der Waals surface area contributed by atoms with Crippen molar-refractivity contribution in [3.63, 3.8) is 0 Å². The fourth-order valence-corrected chi connectivity index (χ4v) is 2.03. The lowest BCUT2D eigenvalue weighted by Crippen LogP contribution is -2.40. The van der Waals surface area contributed by atoms with Gasteiger partial charge in [0.05, 0.1) is 6.42 Å². The quantitative estimate of drug-likeness (QED) is 0.329. The van der Waals surface area contributed by atoms with Crippen molar-refractivity contribution in [3.05, 3.63) is 0 Å². The van der Waals surface area contributed by atoms with Crippen LogP contribution >= 0.6 is 0 Å². The average Bonchev–Trinajstić information content (AvgIpc) is 2.83. The van der Waals surface area contributed by atoms with Crippen LogP contribution in [0.3, 0.4) is 0 Å². The van der Waals surface area contributed by atoms with Crippen LogP contribution in [-0.2, 0) is 47.8 Å². The maximum atomic E-state index is 12.2. The molecule has 156 valence electrons. The highest BCUT2D eigenvalue weighted by atomic mass is 16.7. The summed E-state index contributed by atoms with van der Waals surface area (Å²) in [6.45, 7) is 7.00. The highest BCUT2D eigenvalue weighted by molar-refractivity contribution is 6.01. The molecule has 0 bridgehead atoms. The molecule has 0 aromatic heterocycles. The monoisotopic (exact) mass is 401 g/mol. The van der Waals surface area contributed by atoms with Crippen molar-refractivity contribution >= 4 is 35.7 Å². The molecule has 11 nitrogen and oxygen atoms in total. The number of carbonyl (C=O) groups excluding carboxylic acids is 6. The number of hydrogen-bond acceptors (Lipinski definition) is 10. The summed E-state index contributed by atoms with van der Waals surface area (Å²) in [4.78, 5) is 74.7. The smallest absolute Gasteiger partial charge is 0.373 e. The van der Waals surface area contributed by atoms with Crippen molar-refractivity contribution in [3.8, 4) is 0 Å². The summed E-state index contributed by atoms with van der Waals surface area (Å²) in [6, 6.07) is 0. The molecule has 1 saturated heterocycles. The van der Waals surface area contributed by atoms with Crippen LogP contribution in [0.15, 0.2) is 0 Å². The van der Waals surface area contributed by atoms with Gasteiger partial charge in [-0.25, -0.2) is 9.59 Å². The summed E-state index contributed by atoms with van der Waals surface area (Å²) in [7, 11) is 0.